The molecule has 51 heavy (non-hydrogen) atoms. The van der Waals surface area contributed by atoms with E-state index in [1.807, 2.05) is 12.1 Å². The number of halogens is 2. The molecule has 2 unspecified atom stereocenters. The fraction of sp³-hybridized carbons (Fsp3) is 0.133. The van der Waals surface area contributed by atoms with Crippen molar-refractivity contribution in [2.75, 3.05) is 14.2 Å². The summed E-state index contributed by atoms with van der Waals surface area (Å²) in [6, 6.07) is 49.1. The third-order valence-corrected chi connectivity index (χ3v) is 14.8. The van der Waals surface area contributed by atoms with Crippen LogP contribution in [-0.2, 0) is 4.79 Å². The Hall–Kier alpha value is -4.28. The predicted molar refractivity (Wildman–Crippen MR) is 220 cm³/mol. The Morgan fingerprint density at radius 1 is 0.529 bits per heavy atom. The minimum atomic E-state index is -1.13. The van der Waals surface area contributed by atoms with Gasteiger partial charge in [-0.2, -0.15) is 0 Å². The Morgan fingerprint density at radius 2 is 0.961 bits per heavy atom. The molecule has 0 bridgehead atoms. The first kappa shape index (κ1) is 33.8. The molecule has 6 heteroatoms. The number of Topliss-reactive ketones (excluding diaryl/α,β-unsaturated/α-hetero) is 1. The topological polar surface area (TPSA) is 35.5 Å². The van der Waals surface area contributed by atoms with Crippen LogP contribution in [0.4, 0.5) is 0 Å². The third-order valence-electron chi connectivity index (χ3n) is 10.1. The molecule has 1 saturated heterocycles. The second-order valence-electron chi connectivity index (χ2n) is 12.9. The molecule has 0 radical (unpaired) electrons. The summed E-state index contributed by atoms with van der Waals surface area (Å²) in [5, 5.41) is 5.77. The van der Waals surface area contributed by atoms with Crippen molar-refractivity contribution in [2.45, 2.75) is 24.2 Å². The van der Waals surface area contributed by atoms with E-state index < -0.39 is 7.92 Å². The summed E-state index contributed by atoms with van der Waals surface area (Å²) >= 11 is 7.86. The van der Waals surface area contributed by atoms with E-state index in [1.54, 1.807) is 14.2 Å². The van der Waals surface area contributed by atoms with Crippen LogP contribution in [0.3, 0.4) is 0 Å². The molecule has 252 valence electrons. The van der Waals surface area contributed by atoms with Gasteiger partial charge in [-0.3, -0.25) is 4.79 Å². The lowest BCUT2D eigenvalue weighted by molar-refractivity contribution is -0.119. The highest BCUT2D eigenvalue weighted by molar-refractivity contribution is 9.10. The van der Waals surface area contributed by atoms with Crippen LogP contribution in [0.2, 0.25) is 0 Å². The average Bonchev–Trinajstić information content (AvgIpc) is 3.17. The number of ketones is 1. The van der Waals surface area contributed by atoms with Crippen LogP contribution in [0, 0.1) is 0 Å². The lowest BCUT2D eigenvalue weighted by Crippen LogP contribution is -2.26. The van der Waals surface area contributed by atoms with Crippen molar-refractivity contribution in [3.05, 3.63) is 160 Å². The molecule has 2 atom stereocenters. The van der Waals surface area contributed by atoms with Gasteiger partial charge in [0.25, 0.3) is 0 Å². The van der Waals surface area contributed by atoms with Gasteiger partial charge >= 0.3 is 0 Å². The van der Waals surface area contributed by atoms with Crippen molar-refractivity contribution in [3.8, 4) is 33.8 Å². The maximum atomic E-state index is 14.0. The quantitative estimate of drug-likeness (QED) is 0.150. The maximum absolute atomic E-state index is 14.0. The lowest BCUT2D eigenvalue weighted by Gasteiger charge is -2.42. The molecule has 3 nitrogen and oxygen atoms in total. The van der Waals surface area contributed by atoms with E-state index in [9.17, 15) is 4.79 Å². The zero-order chi connectivity index (χ0) is 35.1. The fourth-order valence-corrected chi connectivity index (χ4v) is 13.2. The summed E-state index contributed by atoms with van der Waals surface area (Å²) in [6.07, 6.45) is 0.921. The molecule has 0 spiro atoms. The number of rotatable bonds is 7. The summed E-state index contributed by atoms with van der Waals surface area (Å²) in [7, 11) is 2.37. The average molecular weight is 815 g/mol. The first-order valence-corrected chi connectivity index (χ1v) is 20.1. The first-order valence-electron chi connectivity index (χ1n) is 17.0. The highest BCUT2D eigenvalue weighted by atomic mass is 79.9. The molecule has 7 aromatic carbocycles. The van der Waals surface area contributed by atoms with Gasteiger partial charge in [0.05, 0.1) is 14.2 Å². The summed E-state index contributed by atoms with van der Waals surface area (Å²) in [5.74, 6) is 1.91. The molecule has 1 heterocycles. The monoisotopic (exact) mass is 812 g/mol. The zero-order valence-electron chi connectivity index (χ0n) is 28.3. The van der Waals surface area contributed by atoms with Crippen molar-refractivity contribution in [1.29, 1.82) is 0 Å². The molecule has 1 aliphatic rings. The first-order chi connectivity index (χ1) is 25.0. The third kappa shape index (κ3) is 6.10. The number of carbonyl (C=O) groups is 1. The predicted octanol–water partition coefficient (Wildman–Crippen LogP) is 12.8. The van der Waals surface area contributed by atoms with Crippen LogP contribution in [0.5, 0.6) is 11.5 Å². The van der Waals surface area contributed by atoms with Crippen molar-refractivity contribution >= 4 is 72.4 Å². The Kier molecular flexibility index (Phi) is 9.55. The Bertz CT molecular complexity index is 2280. The fourth-order valence-electron chi connectivity index (χ4n) is 7.87. The van der Waals surface area contributed by atoms with Gasteiger partial charge in [-0.25, -0.2) is 0 Å². The SMILES string of the molecule is COc1ccc2ccccc2c1-c1cccc(-c2c(OC)ccc3ccccc23)c1P1C(c2ccccc2Br)CC(=O)CC1c1ccccc1Br. The van der Waals surface area contributed by atoms with Gasteiger partial charge < -0.3 is 9.47 Å². The minimum Gasteiger partial charge on any atom is -0.496 e. The Balaban J connectivity index is 1.56. The summed E-state index contributed by atoms with van der Waals surface area (Å²) in [6.45, 7) is 0. The molecular formula is C45H35Br2O3P. The molecule has 0 N–H and O–H groups in total. The van der Waals surface area contributed by atoms with Crippen LogP contribution in [0.25, 0.3) is 43.8 Å². The van der Waals surface area contributed by atoms with Crippen LogP contribution < -0.4 is 14.8 Å². The van der Waals surface area contributed by atoms with Crippen molar-refractivity contribution in [3.63, 3.8) is 0 Å². The van der Waals surface area contributed by atoms with Crippen LogP contribution >= 0.6 is 39.8 Å². The van der Waals surface area contributed by atoms with Crippen LogP contribution in [0.15, 0.2) is 148 Å². The summed E-state index contributed by atoms with van der Waals surface area (Å²) < 4.78 is 14.4. The van der Waals surface area contributed by atoms with Gasteiger partial charge in [-0.05, 0) is 73.4 Å². The lowest BCUT2D eigenvalue weighted by atomic mass is 9.92. The molecule has 8 rings (SSSR count). The van der Waals surface area contributed by atoms with Gasteiger partial charge in [0.1, 0.15) is 17.3 Å². The van der Waals surface area contributed by atoms with E-state index >= 15 is 0 Å². The van der Waals surface area contributed by atoms with Gasteiger partial charge in [0.2, 0.25) is 0 Å². The van der Waals surface area contributed by atoms with E-state index in [0.717, 1.165) is 75.4 Å². The van der Waals surface area contributed by atoms with Crippen LogP contribution in [0.1, 0.15) is 35.3 Å². The van der Waals surface area contributed by atoms with Gasteiger partial charge in [-0.1, -0.05) is 155 Å². The Labute approximate surface area is 316 Å². The van der Waals surface area contributed by atoms with Crippen molar-refractivity contribution in [1.82, 2.24) is 0 Å². The minimum absolute atomic E-state index is 0.0595. The highest BCUT2D eigenvalue weighted by Crippen LogP contribution is 2.69. The molecule has 0 aromatic heterocycles. The number of hydrogen-bond donors (Lipinski definition) is 0. The molecule has 0 aliphatic carbocycles. The second-order valence-corrected chi connectivity index (χ2v) is 17.1. The number of methoxy groups -OCH3 is 2. The standard InChI is InChI=1S/C45H35Br2O3P/c1-49-39-24-22-28-12-3-5-14-31(28)43(39)35-18-11-19-36(44-32-15-6-4-13-29(32)23-25-40(44)50-2)45(35)51-41(33-16-7-9-20-37(33)46)26-30(48)27-42(51)34-17-8-10-21-38(34)47/h3-25,41-42H,26-27H2,1-2H3. The molecule has 0 amide bonds. The molecular weight excluding hydrogens is 779 g/mol. The smallest absolute Gasteiger partial charge is 0.134 e. The van der Waals surface area contributed by atoms with E-state index in [0.29, 0.717) is 12.8 Å². The number of ether oxygens (including phenoxy) is 2. The molecule has 1 aliphatic heterocycles. The van der Waals surface area contributed by atoms with Crippen LogP contribution in [-0.4, -0.2) is 20.0 Å². The van der Waals surface area contributed by atoms with Gasteiger partial charge in [0, 0.05) is 44.2 Å². The number of carbonyl (C=O) groups excluding carboxylic acids is 1. The summed E-state index contributed by atoms with van der Waals surface area (Å²) in [4.78, 5) is 14.0. The normalized spacial score (nSPS) is 17.5. The van der Waals surface area contributed by atoms with E-state index in [1.165, 1.54) is 5.30 Å². The van der Waals surface area contributed by atoms with E-state index in [2.05, 4.69) is 159 Å². The van der Waals surface area contributed by atoms with Gasteiger partial charge in [0.15, 0.2) is 0 Å². The molecule has 7 aromatic rings. The number of hydrogen-bond acceptors (Lipinski definition) is 3. The van der Waals surface area contributed by atoms with Crippen molar-refractivity contribution in [2.24, 2.45) is 0 Å². The second kappa shape index (κ2) is 14.4. The van der Waals surface area contributed by atoms with Gasteiger partial charge in [-0.15, -0.1) is 0 Å². The molecule has 1 fully saturated rings. The molecule has 0 saturated carbocycles. The highest BCUT2D eigenvalue weighted by Gasteiger charge is 2.43. The largest absolute Gasteiger partial charge is 0.496 e. The Morgan fingerprint density at radius 3 is 1.41 bits per heavy atom. The maximum Gasteiger partial charge on any atom is 0.134 e. The number of benzene rings is 7. The number of fused-ring (bicyclic) bond motifs is 2. The zero-order valence-corrected chi connectivity index (χ0v) is 32.3. The van der Waals surface area contributed by atoms with Crippen molar-refractivity contribution < 1.29 is 14.3 Å². The van der Waals surface area contributed by atoms with E-state index in [4.69, 9.17) is 9.47 Å². The van der Waals surface area contributed by atoms with E-state index in [-0.39, 0.29) is 17.1 Å². The summed E-state index contributed by atoms with van der Waals surface area (Å²) in [5.41, 5.74) is 6.54.